The van der Waals surface area contributed by atoms with E-state index >= 15 is 0 Å². The molecule has 1 aromatic rings. The molecule has 1 atom stereocenters. The van der Waals surface area contributed by atoms with Crippen molar-refractivity contribution in [3.05, 3.63) is 34.9 Å². The number of rotatable bonds is 7. The first-order chi connectivity index (χ1) is 13.5. The lowest BCUT2D eigenvalue weighted by atomic mass is 9.95. The maximum Gasteiger partial charge on any atom is 0.227 e. The van der Waals surface area contributed by atoms with E-state index in [9.17, 15) is 9.59 Å². The van der Waals surface area contributed by atoms with Crippen molar-refractivity contribution in [2.75, 3.05) is 53.0 Å². The molecule has 2 aliphatic heterocycles. The van der Waals surface area contributed by atoms with Gasteiger partial charge < -0.3 is 14.5 Å². The van der Waals surface area contributed by atoms with Gasteiger partial charge in [-0.2, -0.15) is 0 Å². The molecule has 2 heterocycles. The van der Waals surface area contributed by atoms with Crippen LogP contribution in [0.4, 0.5) is 0 Å². The van der Waals surface area contributed by atoms with Crippen LogP contribution in [0.25, 0.3) is 0 Å². The number of nitrogens with zero attached hydrogens (tertiary/aromatic N) is 3. The fraction of sp³-hybridized carbons (Fsp3) is 0.619. The Labute approximate surface area is 172 Å². The molecule has 0 unspecified atom stereocenters. The Bertz CT molecular complexity index is 661. The summed E-state index contributed by atoms with van der Waals surface area (Å²) >= 11 is 5.93. The molecule has 1 aromatic carbocycles. The highest BCUT2D eigenvalue weighted by atomic mass is 35.5. The van der Waals surface area contributed by atoms with Gasteiger partial charge in [-0.05, 0) is 30.5 Å². The van der Waals surface area contributed by atoms with Crippen molar-refractivity contribution < 1.29 is 14.3 Å². The average Bonchev–Trinajstić information content (AvgIpc) is 2.71. The van der Waals surface area contributed by atoms with Crippen LogP contribution < -0.4 is 0 Å². The third-order valence-corrected chi connectivity index (χ3v) is 5.84. The summed E-state index contributed by atoms with van der Waals surface area (Å²) in [6, 6.07) is 7.52. The molecule has 154 valence electrons. The minimum absolute atomic E-state index is 0.113. The van der Waals surface area contributed by atoms with Crippen molar-refractivity contribution >= 4 is 23.4 Å². The smallest absolute Gasteiger partial charge is 0.227 e. The van der Waals surface area contributed by atoms with E-state index in [0.29, 0.717) is 31.0 Å². The van der Waals surface area contributed by atoms with E-state index in [-0.39, 0.29) is 17.7 Å². The van der Waals surface area contributed by atoms with Crippen LogP contribution in [0.1, 0.15) is 24.8 Å². The molecule has 2 aliphatic rings. The highest BCUT2D eigenvalue weighted by Gasteiger charge is 2.31. The molecule has 0 aliphatic carbocycles. The molecule has 6 nitrogen and oxygen atoms in total. The summed E-state index contributed by atoms with van der Waals surface area (Å²) in [6.45, 7) is 6.31. The molecule has 0 radical (unpaired) electrons. The molecule has 2 saturated heterocycles. The fourth-order valence-corrected chi connectivity index (χ4v) is 3.98. The van der Waals surface area contributed by atoms with Crippen LogP contribution in [-0.4, -0.2) is 79.5 Å². The summed E-state index contributed by atoms with van der Waals surface area (Å²) < 4.78 is 5.37. The molecular weight excluding hydrogens is 378 g/mol. The van der Waals surface area contributed by atoms with Crippen molar-refractivity contribution in [2.24, 2.45) is 5.92 Å². The molecule has 0 aromatic heterocycles. The van der Waals surface area contributed by atoms with Crippen LogP contribution in [0.3, 0.4) is 0 Å². The van der Waals surface area contributed by atoms with Crippen LogP contribution in [-0.2, 0) is 20.9 Å². The van der Waals surface area contributed by atoms with Gasteiger partial charge >= 0.3 is 0 Å². The van der Waals surface area contributed by atoms with E-state index in [1.54, 1.807) is 4.90 Å². The maximum atomic E-state index is 12.9. The molecule has 0 saturated carbocycles. The predicted molar refractivity (Wildman–Crippen MR) is 109 cm³/mol. The number of carbonyl (C=O) groups is 2. The second-order valence-electron chi connectivity index (χ2n) is 7.70. The molecule has 2 fully saturated rings. The molecule has 7 heteroatoms. The van der Waals surface area contributed by atoms with E-state index in [1.807, 2.05) is 36.2 Å². The number of halogens is 1. The summed E-state index contributed by atoms with van der Waals surface area (Å²) in [7, 11) is 1.88. The second-order valence-corrected chi connectivity index (χ2v) is 8.14. The monoisotopic (exact) mass is 407 g/mol. The first-order valence-corrected chi connectivity index (χ1v) is 10.5. The minimum atomic E-state index is -0.113. The largest absolute Gasteiger partial charge is 0.379 e. The van der Waals surface area contributed by atoms with Crippen LogP contribution in [0, 0.1) is 5.92 Å². The zero-order valence-electron chi connectivity index (χ0n) is 16.6. The van der Waals surface area contributed by atoms with Gasteiger partial charge in [-0.15, -0.1) is 0 Å². The second kappa shape index (κ2) is 10.2. The minimum Gasteiger partial charge on any atom is -0.379 e. The summed E-state index contributed by atoms with van der Waals surface area (Å²) in [5.74, 6) is 0.156. The number of benzene rings is 1. The number of carbonyl (C=O) groups excluding carboxylic acids is 2. The van der Waals surface area contributed by atoms with Gasteiger partial charge in [0, 0.05) is 57.8 Å². The van der Waals surface area contributed by atoms with Crippen LogP contribution >= 0.6 is 11.6 Å². The molecular formula is C21H30ClN3O3. The Balaban J connectivity index is 1.47. The van der Waals surface area contributed by atoms with E-state index in [1.165, 1.54) is 0 Å². The number of hydrogen-bond acceptors (Lipinski definition) is 4. The number of amides is 2. The summed E-state index contributed by atoms with van der Waals surface area (Å²) in [4.78, 5) is 31.2. The highest BCUT2D eigenvalue weighted by molar-refractivity contribution is 6.30. The zero-order chi connectivity index (χ0) is 19.9. The van der Waals surface area contributed by atoms with Crippen LogP contribution in [0.15, 0.2) is 24.3 Å². The van der Waals surface area contributed by atoms with Gasteiger partial charge in [0.25, 0.3) is 0 Å². The Morgan fingerprint density at radius 1 is 1.25 bits per heavy atom. The van der Waals surface area contributed by atoms with E-state index in [2.05, 4.69) is 4.90 Å². The summed E-state index contributed by atoms with van der Waals surface area (Å²) in [5.41, 5.74) is 1.03. The third-order valence-electron chi connectivity index (χ3n) is 5.58. The van der Waals surface area contributed by atoms with Crippen molar-refractivity contribution in [2.45, 2.75) is 25.8 Å². The van der Waals surface area contributed by atoms with Crippen LogP contribution in [0.5, 0.6) is 0 Å². The summed E-state index contributed by atoms with van der Waals surface area (Å²) in [6.07, 6.45) is 2.04. The fourth-order valence-electron chi connectivity index (χ4n) is 3.86. The molecule has 0 N–H and O–H groups in total. The number of morpholine rings is 1. The number of piperidine rings is 1. The van der Waals surface area contributed by atoms with Gasteiger partial charge in [0.1, 0.15) is 0 Å². The number of likely N-dealkylation sites (tertiary alicyclic amines) is 1. The Morgan fingerprint density at radius 2 is 1.96 bits per heavy atom. The normalized spacial score (nSPS) is 21.0. The quantitative estimate of drug-likeness (QED) is 0.695. The van der Waals surface area contributed by atoms with E-state index < -0.39 is 0 Å². The Hall–Kier alpha value is -1.63. The summed E-state index contributed by atoms with van der Waals surface area (Å²) in [5, 5.41) is 0.681. The lowest BCUT2D eigenvalue weighted by Gasteiger charge is -2.34. The van der Waals surface area contributed by atoms with E-state index in [0.717, 1.165) is 51.4 Å². The van der Waals surface area contributed by atoms with Gasteiger partial charge in [-0.3, -0.25) is 14.5 Å². The lowest BCUT2D eigenvalue weighted by Crippen LogP contribution is -2.46. The van der Waals surface area contributed by atoms with Gasteiger partial charge in [-0.1, -0.05) is 23.7 Å². The maximum absolute atomic E-state index is 12.9. The topological polar surface area (TPSA) is 53.1 Å². The molecule has 0 spiro atoms. The first kappa shape index (κ1) is 21.1. The SMILES string of the molecule is CN(CCCN1CCOCC1)C(=O)[C@H]1CCC(=O)N(Cc2ccc(Cl)cc2)C1. The lowest BCUT2D eigenvalue weighted by molar-refractivity contribution is -0.142. The average molecular weight is 408 g/mol. The van der Waals surface area contributed by atoms with Gasteiger partial charge in [0.2, 0.25) is 11.8 Å². The van der Waals surface area contributed by atoms with Gasteiger partial charge in [-0.25, -0.2) is 0 Å². The van der Waals surface area contributed by atoms with Crippen molar-refractivity contribution in [1.29, 1.82) is 0 Å². The predicted octanol–water partition coefficient (Wildman–Crippen LogP) is 2.26. The third kappa shape index (κ3) is 5.93. The van der Waals surface area contributed by atoms with Crippen LogP contribution in [0.2, 0.25) is 5.02 Å². The van der Waals surface area contributed by atoms with Crippen molar-refractivity contribution in [3.63, 3.8) is 0 Å². The standard InChI is InChI=1S/C21H30ClN3O3/c1-23(9-2-10-24-11-13-28-14-12-24)21(27)18-5-8-20(26)25(16-18)15-17-3-6-19(22)7-4-17/h3-4,6-7,18H,2,5,8-16H2,1H3/t18-/m0/s1. The van der Waals surface area contributed by atoms with Crippen molar-refractivity contribution in [3.8, 4) is 0 Å². The van der Waals surface area contributed by atoms with Gasteiger partial charge in [0.15, 0.2) is 0 Å². The van der Waals surface area contributed by atoms with Crippen molar-refractivity contribution in [1.82, 2.24) is 14.7 Å². The first-order valence-electron chi connectivity index (χ1n) is 10.1. The van der Waals surface area contributed by atoms with Gasteiger partial charge in [0.05, 0.1) is 19.1 Å². The number of hydrogen-bond donors (Lipinski definition) is 0. The zero-order valence-corrected chi connectivity index (χ0v) is 17.4. The highest BCUT2D eigenvalue weighted by Crippen LogP contribution is 2.22. The number of ether oxygens (including phenoxy) is 1. The molecule has 2 amide bonds. The Kier molecular flexibility index (Phi) is 7.71. The molecule has 3 rings (SSSR count). The van der Waals surface area contributed by atoms with E-state index in [4.69, 9.17) is 16.3 Å². The Morgan fingerprint density at radius 3 is 2.68 bits per heavy atom. The molecule has 28 heavy (non-hydrogen) atoms. The molecule has 0 bridgehead atoms.